The predicted molar refractivity (Wildman–Crippen MR) is 185 cm³/mol. The van der Waals surface area contributed by atoms with Crippen molar-refractivity contribution in [3.8, 4) is 22.4 Å². The lowest BCUT2D eigenvalue weighted by molar-refractivity contribution is -0.125. The Hall–Kier alpha value is -3.45. The van der Waals surface area contributed by atoms with Gasteiger partial charge < -0.3 is 10.1 Å². The number of rotatable bonds is 13. The van der Waals surface area contributed by atoms with E-state index in [0.717, 1.165) is 84.7 Å². The first-order chi connectivity index (χ1) is 22.1. The highest BCUT2D eigenvalue weighted by Gasteiger charge is 2.48. The van der Waals surface area contributed by atoms with E-state index in [4.69, 9.17) is 21.3 Å². The summed E-state index contributed by atoms with van der Waals surface area (Å²) >= 11 is 7.74. The van der Waals surface area contributed by atoms with Crippen LogP contribution >= 0.6 is 23.4 Å². The molecule has 1 amide bonds. The van der Waals surface area contributed by atoms with Crippen LogP contribution in [-0.2, 0) is 14.9 Å². The van der Waals surface area contributed by atoms with Gasteiger partial charge in [-0.1, -0.05) is 109 Å². The Labute approximate surface area is 275 Å². The number of benzene rings is 3. The molecule has 5 nitrogen and oxygen atoms in total. The molecule has 0 spiro atoms. The van der Waals surface area contributed by atoms with Crippen molar-refractivity contribution in [2.24, 2.45) is 0 Å². The first-order valence-corrected chi connectivity index (χ1v) is 17.3. The summed E-state index contributed by atoms with van der Waals surface area (Å²) < 4.78 is 5.51. The van der Waals surface area contributed by atoms with E-state index in [1.807, 2.05) is 36.5 Å². The van der Waals surface area contributed by atoms with Gasteiger partial charge in [-0.15, -0.1) is 0 Å². The van der Waals surface area contributed by atoms with E-state index in [1.54, 1.807) is 18.9 Å². The number of aromatic nitrogens is 2. The van der Waals surface area contributed by atoms with Crippen LogP contribution < -0.4 is 5.32 Å². The summed E-state index contributed by atoms with van der Waals surface area (Å²) in [6, 6.07) is 26.6. The van der Waals surface area contributed by atoms with Crippen LogP contribution in [0.25, 0.3) is 22.4 Å². The predicted octanol–water partition coefficient (Wildman–Crippen LogP) is 9.05. The molecule has 1 aromatic heterocycles. The van der Waals surface area contributed by atoms with Crippen LogP contribution in [0.3, 0.4) is 0 Å². The van der Waals surface area contributed by atoms with Crippen molar-refractivity contribution in [2.45, 2.75) is 68.0 Å². The number of carbonyl (C=O) groups is 1. The first kappa shape index (κ1) is 31.5. The molecule has 2 aliphatic rings. The van der Waals surface area contributed by atoms with Crippen LogP contribution in [0.2, 0.25) is 5.02 Å². The van der Waals surface area contributed by atoms with Crippen molar-refractivity contribution in [1.82, 2.24) is 15.3 Å². The number of methoxy groups -OCH3 is 1. The van der Waals surface area contributed by atoms with Gasteiger partial charge in [0.05, 0.1) is 11.8 Å². The van der Waals surface area contributed by atoms with Gasteiger partial charge in [0.1, 0.15) is 5.41 Å². The number of ether oxygens (including phenoxy) is 1. The smallest absolute Gasteiger partial charge is 0.235 e. The molecular weight excluding hydrogens is 598 g/mol. The van der Waals surface area contributed by atoms with Gasteiger partial charge in [-0.25, -0.2) is 9.97 Å². The molecule has 7 heteroatoms. The molecule has 0 fully saturated rings. The Kier molecular flexibility index (Phi) is 10.3. The summed E-state index contributed by atoms with van der Waals surface area (Å²) in [5.41, 5.74) is 7.28. The van der Waals surface area contributed by atoms with E-state index >= 15 is 0 Å². The summed E-state index contributed by atoms with van der Waals surface area (Å²) in [6.45, 7) is 0.653. The molecule has 6 rings (SSSR count). The number of fused-ring (bicyclic) bond motifs is 3. The summed E-state index contributed by atoms with van der Waals surface area (Å²) in [6.07, 6.45) is 12.2. The molecule has 1 heterocycles. The van der Waals surface area contributed by atoms with Gasteiger partial charge >= 0.3 is 0 Å². The second-order valence-electron chi connectivity index (χ2n) is 11.9. The zero-order chi connectivity index (χ0) is 31.1. The van der Waals surface area contributed by atoms with Crippen LogP contribution in [-0.4, -0.2) is 41.4 Å². The number of carbonyl (C=O) groups excluding carboxylic acids is 1. The van der Waals surface area contributed by atoms with Gasteiger partial charge in [0.2, 0.25) is 5.91 Å². The Bertz CT molecular complexity index is 1610. The van der Waals surface area contributed by atoms with Crippen molar-refractivity contribution in [1.29, 1.82) is 0 Å². The van der Waals surface area contributed by atoms with Crippen LogP contribution in [0.1, 0.15) is 62.5 Å². The van der Waals surface area contributed by atoms with Crippen molar-refractivity contribution >= 4 is 29.3 Å². The van der Waals surface area contributed by atoms with Crippen LogP contribution in [0.5, 0.6) is 0 Å². The molecule has 0 saturated carbocycles. The number of halogens is 1. The molecule has 1 N–H and O–H groups in total. The number of thioether (sulfide) groups is 1. The number of hydrogen-bond donors (Lipinski definition) is 1. The van der Waals surface area contributed by atoms with Gasteiger partial charge in [-0.05, 0) is 79.0 Å². The van der Waals surface area contributed by atoms with Crippen LogP contribution in [0.15, 0.2) is 102 Å². The summed E-state index contributed by atoms with van der Waals surface area (Å²) in [5, 5.41) is 4.87. The molecule has 232 valence electrons. The Morgan fingerprint density at radius 2 is 1.71 bits per heavy atom. The third-order valence-corrected chi connectivity index (χ3v) is 10.4. The summed E-state index contributed by atoms with van der Waals surface area (Å²) in [4.78, 5) is 23.6. The molecule has 3 aromatic carbocycles. The zero-order valence-corrected chi connectivity index (χ0v) is 27.4. The summed E-state index contributed by atoms with van der Waals surface area (Å²) in [5.74, 6) is 1.04. The minimum atomic E-state index is -0.682. The third kappa shape index (κ3) is 7.04. The molecule has 1 atom stereocenters. The highest BCUT2D eigenvalue weighted by atomic mass is 35.5. The normalized spacial score (nSPS) is 16.5. The van der Waals surface area contributed by atoms with Gasteiger partial charge in [0.25, 0.3) is 0 Å². The number of hydrogen-bond acceptors (Lipinski definition) is 5. The topological polar surface area (TPSA) is 64.1 Å². The molecule has 0 radical (unpaired) electrons. The molecule has 4 aromatic rings. The Morgan fingerprint density at radius 1 is 0.978 bits per heavy atom. The maximum Gasteiger partial charge on any atom is 0.235 e. The fourth-order valence-electron chi connectivity index (χ4n) is 6.77. The molecular formula is C38H40ClN3O2S. The van der Waals surface area contributed by atoms with Gasteiger partial charge in [-0.2, -0.15) is 0 Å². The van der Waals surface area contributed by atoms with Gasteiger partial charge in [-0.3, -0.25) is 4.79 Å². The molecule has 0 saturated heterocycles. The largest absolute Gasteiger partial charge is 0.381 e. The molecule has 1 unspecified atom stereocenters. The minimum absolute atomic E-state index is 0.118. The van der Waals surface area contributed by atoms with E-state index in [-0.39, 0.29) is 5.91 Å². The Morgan fingerprint density at radius 3 is 2.40 bits per heavy atom. The van der Waals surface area contributed by atoms with Crippen molar-refractivity contribution in [3.63, 3.8) is 0 Å². The fourth-order valence-corrected chi connectivity index (χ4v) is 7.73. The van der Waals surface area contributed by atoms with E-state index < -0.39 is 5.41 Å². The van der Waals surface area contributed by atoms with E-state index in [0.29, 0.717) is 17.7 Å². The zero-order valence-electron chi connectivity index (χ0n) is 25.8. The number of unbranched alkanes of at least 4 members (excludes halogenated alkanes) is 2. The van der Waals surface area contributed by atoms with Gasteiger partial charge in [0.15, 0.2) is 5.16 Å². The SMILES string of the molecule is COC1CC=C(CCNC(=O)C2(CCCCCSc3nccc(-c4ccc(Cl)cc4)n3)c3ccccc3-c3ccccc32)CC1. The molecule has 45 heavy (non-hydrogen) atoms. The molecule has 2 aliphatic carbocycles. The minimum Gasteiger partial charge on any atom is -0.381 e. The highest BCUT2D eigenvalue weighted by Crippen LogP contribution is 2.51. The van der Waals surface area contributed by atoms with E-state index in [2.05, 4.69) is 64.9 Å². The average molecular weight is 638 g/mol. The molecule has 0 aliphatic heterocycles. The fraction of sp³-hybridized carbons (Fsp3) is 0.342. The lowest BCUT2D eigenvalue weighted by Crippen LogP contribution is -2.44. The van der Waals surface area contributed by atoms with Crippen LogP contribution in [0, 0.1) is 0 Å². The number of amides is 1. The quantitative estimate of drug-likeness (QED) is 0.0686. The second kappa shape index (κ2) is 14.8. The van der Waals surface area contributed by atoms with E-state index in [1.165, 1.54) is 16.7 Å². The number of nitrogens with zero attached hydrogens (tertiary/aromatic N) is 2. The average Bonchev–Trinajstić information content (AvgIpc) is 3.37. The van der Waals surface area contributed by atoms with Gasteiger partial charge in [0, 0.05) is 36.2 Å². The lowest BCUT2D eigenvalue weighted by Gasteiger charge is -2.31. The number of nitrogens with one attached hydrogen (secondary N) is 1. The second-order valence-corrected chi connectivity index (χ2v) is 13.4. The summed E-state index contributed by atoms with van der Waals surface area (Å²) in [7, 11) is 1.79. The maximum atomic E-state index is 14.3. The van der Waals surface area contributed by atoms with Crippen molar-refractivity contribution in [2.75, 3.05) is 19.4 Å². The Balaban J connectivity index is 1.10. The molecule has 0 bridgehead atoms. The van der Waals surface area contributed by atoms with Crippen LogP contribution in [0.4, 0.5) is 0 Å². The van der Waals surface area contributed by atoms with Crippen molar-refractivity contribution < 1.29 is 9.53 Å². The first-order valence-electron chi connectivity index (χ1n) is 16.0. The van der Waals surface area contributed by atoms with E-state index in [9.17, 15) is 4.79 Å². The lowest BCUT2D eigenvalue weighted by atomic mass is 9.73. The standard InChI is InChI=1S/C38H40ClN3O2S/c1-44-30-19-13-27(14-20-30)21-24-40-36(43)38(33-11-5-3-9-31(33)32-10-4-6-12-34(32)38)23-7-2-8-26-45-37-41-25-22-35(42-37)28-15-17-29(39)18-16-28/h3-6,9-13,15-18,22,25,30H,2,7-8,14,19-21,23-24,26H2,1H3,(H,40,43). The highest BCUT2D eigenvalue weighted by molar-refractivity contribution is 7.99. The maximum absolute atomic E-state index is 14.3. The monoisotopic (exact) mass is 637 g/mol. The van der Waals surface area contributed by atoms with Crippen molar-refractivity contribution in [3.05, 3.63) is 113 Å². The third-order valence-electron chi connectivity index (χ3n) is 9.17.